The molecule has 0 aromatic rings. The number of hydrogen-bond acceptors (Lipinski definition) is 3. The number of fused-ring (bicyclic) bond motifs is 2. The molecule has 0 heterocycles. The summed E-state index contributed by atoms with van der Waals surface area (Å²) < 4.78 is 4.96. The van der Waals surface area contributed by atoms with E-state index in [1.54, 1.807) is 0 Å². The van der Waals surface area contributed by atoms with Crippen LogP contribution in [0.15, 0.2) is 0 Å². The number of esters is 1. The molecule has 2 saturated carbocycles. The highest BCUT2D eigenvalue weighted by molar-refractivity contribution is 5.84. The lowest BCUT2D eigenvalue weighted by atomic mass is 9.99. The van der Waals surface area contributed by atoms with Gasteiger partial charge in [-0.2, -0.15) is 0 Å². The molecule has 3 nitrogen and oxygen atoms in total. The van der Waals surface area contributed by atoms with Crippen LogP contribution >= 0.6 is 0 Å². The van der Waals surface area contributed by atoms with Crippen LogP contribution in [0.5, 0.6) is 0 Å². The second-order valence-electron chi connectivity index (χ2n) is 4.08. The van der Waals surface area contributed by atoms with Crippen LogP contribution in [-0.2, 0) is 14.3 Å². The average molecular weight is 182 g/mol. The number of carbonyl (C=O) groups excluding carboxylic acids is 2. The summed E-state index contributed by atoms with van der Waals surface area (Å²) in [4.78, 5) is 22.0. The van der Waals surface area contributed by atoms with Crippen molar-refractivity contribution in [3.63, 3.8) is 0 Å². The molecule has 2 aliphatic rings. The van der Waals surface area contributed by atoms with Crippen LogP contribution in [-0.4, -0.2) is 18.4 Å². The van der Waals surface area contributed by atoms with E-state index in [2.05, 4.69) is 0 Å². The molecule has 2 fully saturated rings. The van der Waals surface area contributed by atoms with Crippen molar-refractivity contribution in [3.05, 3.63) is 0 Å². The van der Waals surface area contributed by atoms with Crippen molar-refractivity contribution in [1.82, 2.24) is 0 Å². The summed E-state index contributed by atoms with van der Waals surface area (Å²) in [6.07, 6.45) is 2.87. The Labute approximate surface area is 77.4 Å². The third-order valence-electron chi connectivity index (χ3n) is 3.33. The van der Waals surface area contributed by atoms with Crippen LogP contribution in [0.25, 0.3) is 0 Å². The third-order valence-corrected chi connectivity index (χ3v) is 3.33. The van der Waals surface area contributed by atoms with Gasteiger partial charge in [0.2, 0.25) is 0 Å². The molecule has 13 heavy (non-hydrogen) atoms. The zero-order valence-electron chi connectivity index (χ0n) is 7.79. The van der Waals surface area contributed by atoms with Gasteiger partial charge >= 0.3 is 5.97 Å². The Morgan fingerprint density at radius 2 is 2.31 bits per heavy atom. The summed E-state index contributed by atoms with van der Waals surface area (Å²) in [6, 6.07) is 0. The van der Waals surface area contributed by atoms with E-state index in [9.17, 15) is 9.59 Å². The molecule has 0 N–H and O–H groups in total. The molecule has 2 aliphatic carbocycles. The summed E-state index contributed by atoms with van der Waals surface area (Å²) in [7, 11) is 0. The number of Topliss-reactive ketones (excluding diaryl/α,β-unsaturated/α-hetero) is 1. The lowest BCUT2D eigenvalue weighted by molar-refractivity contribution is -0.143. The number of ketones is 1. The summed E-state index contributed by atoms with van der Waals surface area (Å²) in [5.41, 5.74) is 0. The van der Waals surface area contributed by atoms with Gasteiger partial charge in [0.1, 0.15) is 5.78 Å². The molecule has 0 spiro atoms. The fourth-order valence-corrected chi connectivity index (χ4v) is 2.68. The Balaban J connectivity index is 1.94. The van der Waals surface area contributed by atoms with Crippen LogP contribution in [0.1, 0.15) is 26.2 Å². The van der Waals surface area contributed by atoms with Gasteiger partial charge in [-0.05, 0) is 18.8 Å². The second kappa shape index (κ2) is 3.13. The van der Waals surface area contributed by atoms with E-state index in [1.807, 2.05) is 0 Å². The minimum atomic E-state index is -0.237. The molecule has 3 unspecified atom stereocenters. The molecule has 0 amide bonds. The highest BCUT2D eigenvalue weighted by Crippen LogP contribution is 2.47. The fourth-order valence-electron chi connectivity index (χ4n) is 2.68. The molecule has 2 rings (SSSR count). The molecular formula is C10H14O3. The average Bonchev–Trinajstić information content (AvgIpc) is 2.56. The third kappa shape index (κ3) is 1.47. The maximum atomic E-state index is 11.4. The highest BCUT2D eigenvalue weighted by atomic mass is 16.5. The number of rotatable bonds is 2. The molecular weight excluding hydrogens is 168 g/mol. The van der Waals surface area contributed by atoms with Crippen molar-refractivity contribution in [2.75, 3.05) is 6.61 Å². The van der Waals surface area contributed by atoms with Gasteiger partial charge in [-0.15, -0.1) is 0 Å². The van der Waals surface area contributed by atoms with Gasteiger partial charge in [0.15, 0.2) is 0 Å². The van der Waals surface area contributed by atoms with Crippen molar-refractivity contribution < 1.29 is 14.3 Å². The first-order valence-electron chi connectivity index (χ1n) is 4.84. The normalized spacial score (nSPS) is 36.7. The van der Waals surface area contributed by atoms with Crippen molar-refractivity contribution in [2.45, 2.75) is 26.2 Å². The molecule has 0 aromatic carbocycles. The van der Waals surface area contributed by atoms with Crippen LogP contribution in [0.3, 0.4) is 0 Å². The van der Waals surface area contributed by atoms with E-state index in [0.29, 0.717) is 24.2 Å². The largest absolute Gasteiger partial charge is 0.466 e. The van der Waals surface area contributed by atoms with E-state index in [-0.39, 0.29) is 11.9 Å². The predicted octanol–water partition coefficient (Wildman–Crippen LogP) is 1.16. The molecule has 0 saturated heterocycles. The first-order chi connectivity index (χ1) is 6.18. The van der Waals surface area contributed by atoms with Gasteiger partial charge < -0.3 is 4.74 Å². The van der Waals surface area contributed by atoms with E-state index in [4.69, 9.17) is 4.74 Å². The van der Waals surface area contributed by atoms with Gasteiger partial charge in [0.25, 0.3) is 0 Å². The minimum absolute atomic E-state index is 0.198. The summed E-state index contributed by atoms with van der Waals surface area (Å²) >= 11 is 0. The zero-order valence-corrected chi connectivity index (χ0v) is 7.79. The maximum absolute atomic E-state index is 11.4. The second-order valence-corrected chi connectivity index (χ2v) is 4.08. The van der Waals surface area contributed by atoms with Crippen LogP contribution in [0.4, 0.5) is 0 Å². The van der Waals surface area contributed by atoms with Crippen LogP contribution in [0, 0.1) is 17.8 Å². The summed E-state index contributed by atoms with van der Waals surface area (Å²) in [5, 5.41) is 0. The number of carbonyl (C=O) groups is 2. The maximum Gasteiger partial charge on any atom is 0.302 e. The smallest absolute Gasteiger partial charge is 0.302 e. The Hall–Kier alpha value is -0.860. The lowest BCUT2D eigenvalue weighted by Gasteiger charge is -2.13. The molecule has 3 atom stereocenters. The van der Waals surface area contributed by atoms with E-state index in [1.165, 1.54) is 6.92 Å². The molecule has 0 aliphatic heterocycles. The fraction of sp³-hybridized carbons (Fsp3) is 0.800. The lowest BCUT2D eigenvalue weighted by Crippen LogP contribution is -2.18. The predicted molar refractivity (Wildman–Crippen MR) is 46.0 cm³/mol. The monoisotopic (exact) mass is 182 g/mol. The molecule has 2 bridgehead atoms. The van der Waals surface area contributed by atoms with Gasteiger partial charge in [-0.1, -0.05) is 0 Å². The first kappa shape index (κ1) is 8.73. The van der Waals surface area contributed by atoms with Crippen molar-refractivity contribution in [3.8, 4) is 0 Å². The van der Waals surface area contributed by atoms with Crippen LogP contribution < -0.4 is 0 Å². The number of ether oxygens (including phenoxy) is 1. The Morgan fingerprint density at radius 3 is 2.77 bits per heavy atom. The zero-order chi connectivity index (χ0) is 9.42. The van der Waals surface area contributed by atoms with Crippen molar-refractivity contribution >= 4 is 11.8 Å². The standard InChI is InChI=1S/C10H14O3/c1-6(11)13-5-9-7-2-3-8(9)10(12)4-7/h7-9H,2-5H2,1H3. The highest BCUT2D eigenvalue weighted by Gasteiger charge is 2.47. The van der Waals surface area contributed by atoms with E-state index in [0.717, 1.165) is 19.3 Å². The summed E-state index contributed by atoms with van der Waals surface area (Å²) in [6.45, 7) is 1.87. The quantitative estimate of drug-likeness (QED) is 0.602. The molecule has 0 radical (unpaired) electrons. The molecule has 3 heteroatoms. The van der Waals surface area contributed by atoms with E-state index < -0.39 is 0 Å². The van der Waals surface area contributed by atoms with Gasteiger partial charge in [0, 0.05) is 25.2 Å². The van der Waals surface area contributed by atoms with Gasteiger partial charge in [0.05, 0.1) is 6.61 Å². The van der Waals surface area contributed by atoms with Gasteiger partial charge in [-0.3, -0.25) is 9.59 Å². The minimum Gasteiger partial charge on any atom is -0.466 e. The van der Waals surface area contributed by atoms with Crippen molar-refractivity contribution in [2.24, 2.45) is 17.8 Å². The molecule has 72 valence electrons. The topological polar surface area (TPSA) is 43.4 Å². The molecule has 0 aromatic heterocycles. The van der Waals surface area contributed by atoms with Gasteiger partial charge in [-0.25, -0.2) is 0 Å². The number of hydrogen-bond donors (Lipinski definition) is 0. The Kier molecular flexibility index (Phi) is 2.10. The van der Waals surface area contributed by atoms with Crippen LogP contribution in [0.2, 0.25) is 0 Å². The Morgan fingerprint density at radius 1 is 1.54 bits per heavy atom. The Bertz CT molecular complexity index is 247. The van der Waals surface area contributed by atoms with E-state index >= 15 is 0 Å². The SMILES string of the molecule is CC(=O)OCC1C2CCC1C(=O)C2. The first-order valence-corrected chi connectivity index (χ1v) is 4.84. The summed E-state index contributed by atoms with van der Waals surface area (Å²) in [5.74, 6) is 1.17. The van der Waals surface area contributed by atoms with Crippen molar-refractivity contribution in [1.29, 1.82) is 0 Å².